The molecule has 1 saturated carbocycles. The number of aliphatic imine (C=N–C) groups is 1. The Balaban J connectivity index is 0.00000264. The van der Waals surface area contributed by atoms with E-state index in [9.17, 15) is 0 Å². The lowest BCUT2D eigenvalue weighted by Gasteiger charge is -2.41. The summed E-state index contributed by atoms with van der Waals surface area (Å²) >= 11 is 0. The minimum atomic E-state index is 0. The first-order chi connectivity index (χ1) is 10.7. The van der Waals surface area contributed by atoms with Crippen LogP contribution in [0.1, 0.15) is 45.1 Å². The number of nitrogens with zero attached hydrogens (tertiary/aromatic N) is 2. The van der Waals surface area contributed by atoms with Gasteiger partial charge in [-0.1, -0.05) is 19.4 Å². The first kappa shape index (κ1) is 20.0. The molecule has 1 aliphatic carbocycles. The Labute approximate surface area is 156 Å². The molecule has 0 atom stereocenters. The number of methoxy groups -OCH3 is 1. The second kappa shape index (κ2) is 9.95. The van der Waals surface area contributed by atoms with E-state index in [4.69, 9.17) is 4.74 Å². The van der Waals surface area contributed by atoms with Gasteiger partial charge >= 0.3 is 0 Å². The summed E-state index contributed by atoms with van der Waals surface area (Å²) in [4.78, 5) is 8.86. The molecule has 1 fully saturated rings. The number of aromatic nitrogens is 1. The normalized spacial score (nSPS) is 16.0. The van der Waals surface area contributed by atoms with Gasteiger partial charge in [0, 0.05) is 25.4 Å². The highest BCUT2D eigenvalue weighted by atomic mass is 127. The number of ether oxygens (including phenoxy) is 1. The first-order valence-electron chi connectivity index (χ1n) is 8.22. The molecule has 1 heterocycles. The van der Waals surface area contributed by atoms with Gasteiger partial charge in [0.05, 0.1) is 13.7 Å². The molecule has 130 valence electrons. The zero-order valence-corrected chi connectivity index (χ0v) is 16.7. The van der Waals surface area contributed by atoms with Crippen molar-refractivity contribution in [1.29, 1.82) is 0 Å². The molecule has 0 amide bonds. The molecule has 0 saturated heterocycles. The molecule has 1 aromatic heterocycles. The zero-order chi connectivity index (χ0) is 15.8. The van der Waals surface area contributed by atoms with Crippen molar-refractivity contribution >= 4 is 29.9 Å². The van der Waals surface area contributed by atoms with Gasteiger partial charge in [0.1, 0.15) is 0 Å². The Morgan fingerprint density at radius 1 is 1.30 bits per heavy atom. The van der Waals surface area contributed by atoms with Crippen LogP contribution in [0.5, 0.6) is 5.88 Å². The van der Waals surface area contributed by atoms with Gasteiger partial charge in [0.2, 0.25) is 5.88 Å². The van der Waals surface area contributed by atoms with Crippen LogP contribution < -0.4 is 15.4 Å². The largest absolute Gasteiger partial charge is 0.481 e. The average Bonchev–Trinajstić information content (AvgIpc) is 2.52. The van der Waals surface area contributed by atoms with E-state index >= 15 is 0 Å². The van der Waals surface area contributed by atoms with Crippen LogP contribution in [0, 0.1) is 5.41 Å². The van der Waals surface area contributed by atoms with Gasteiger partial charge in [-0.15, -0.1) is 24.0 Å². The molecular weight excluding hydrogens is 403 g/mol. The summed E-state index contributed by atoms with van der Waals surface area (Å²) in [5.74, 6) is 1.52. The smallest absolute Gasteiger partial charge is 0.212 e. The summed E-state index contributed by atoms with van der Waals surface area (Å²) in [6.07, 6.45) is 7.07. The number of nitrogens with one attached hydrogen (secondary N) is 2. The van der Waals surface area contributed by atoms with Crippen LogP contribution in [-0.2, 0) is 6.54 Å². The van der Waals surface area contributed by atoms with Crippen molar-refractivity contribution < 1.29 is 4.74 Å². The van der Waals surface area contributed by atoms with E-state index in [0.29, 0.717) is 17.8 Å². The fourth-order valence-electron chi connectivity index (χ4n) is 2.74. The van der Waals surface area contributed by atoms with Crippen LogP contribution in [0.15, 0.2) is 23.3 Å². The molecule has 2 N–H and O–H groups in total. The summed E-state index contributed by atoms with van der Waals surface area (Å²) in [5.41, 5.74) is 1.56. The maximum atomic E-state index is 5.07. The van der Waals surface area contributed by atoms with E-state index in [-0.39, 0.29) is 24.0 Å². The lowest BCUT2D eigenvalue weighted by molar-refractivity contribution is 0.131. The Bertz CT molecular complexity index is 480. The maximum absolute atomic E-state index is 5.07. The Hall–Kier alpha value is -1.05. The Morgan fingerprint density at radius 3 is 2.57 bits per heavy atom. The van der Waals surface area contributed by atoms with Crippen molar-refractivity contribution in [3.05, 3.63) is 23.9 Å². The van der Waals surface area contributed by atoms with E-state index in [0.717, 1.165) is 24.6 Å². The number of hydrogen-bond donors (Lipinski definition) is 2. The standard InChI is InChI=1S/C17H28N4O.HI/c1-4-17(9-6-10-17)13-21-16(18-5-2)20-12-14-7-8-15(22-3)19-11-14;/h7-8,11H,4-6,9-10,12-13H2,1-3H3,(H2,18,20,21);1H. The monoisotopic (exact) mass is 432 g/mol. The summed E-state index contributed by atoms with van der Waals surface area (Å²) in [6, 6.07) is 3.87. The molecular formula is C17H29IN4O. The highest BCUT2D eigenvalue weighted by molar-refractivity contribution is 14.0. The van der Waals surface area contributed by atoms with E-state index in [1.54, 1.807) is 7.11 Å². The summed E-state index contributed by atoms with van der Waals surface area (Å²) in [7, 11) is 1.62. The minimum absolute atomic E-state index is 0. The lowest BCUT2D eigenvalue weighted by Crippen LogP contribution is -2.46. The fraction of sp³-hybridized carbons (Fsp3) is 0.647. The predicted octanol–water partition coefficient (Wildman–Crippen LogP) is 3.34. The van der Waals surface area contributed by atoms with Crippen molar-refractivity contribution in [1.82, 2.24) is 15.6 Å². The number of rotatable bonds is 7. The molecule has 1 aromatic rings. The van der Waals surface area contributed by atoms with E-state index in [1.165, 1.54) is 25.7 Å². The summed E-state index contributed by atoms with van der Waals surface area (Å²) < 4.78 is 5.07. The molecule has 0 bridgehead atoms. The van der Waals surface area contributed by atoms with Crippen molar-refractivity contribution in [3.8, 4) is 5.88 Å². The molecule has 0 spiro atoms. The van der Waals surface area contributed by atoms with Gasteiger partial charge in [0.15, 0.2) is 5.96 Å². The fourth-order valence-corrected chi connectivity index (χ4v) is 2.74. The number of hydrogen-bond acceptors (Lipinski definition) is 3. The van der Waals surface area contributed by atoms with Crippen LogP contribution in [0.3, 0.4) is 0 Å². The SMILES string of the molecule is CCNC(=NCc1ccc(OC)nc1)NCC1(CC)CCC1.I. The molecule has 0 radical (unpaired) electrons. The van der Waals surface area contributed by atoms with E-state index in [1.807, 2.05) is 18.3 Å². The van der Waals surface area contributed by atoms with Crippen molar-refractivity contribution in [3.63, 3.8) is 0 Å². The second-order valence-electron chi connectivity index (χ2n) is 5.96. The van der Waals surface area contributed by atoms with Gasteiger partial charge < -0.3 is 15.4 Å². The van der Waals surface area contributed by atoms with Crippen molar-refractivity contribution in [2.24, 2.45) is 10.4 Å². The third-order valence-electron chi connectivity index (χ3n) is 4.57. The summed E-state index contributed by atoms with van der Waals surface area (Å²) in [5, 5.41) is 6.82. The lowest BCUT2D eigenvalue weighted by atomic mass is 9.67. The van der Waals surface area contributed by atoms with E-state index < -0.39 is 0 Å². The first-order valence-corrected chi connectivity index (χ1v) is 8.22. The van der Waals surface area contributed by atoms with Crippen LogP contribution in [-0.4, -0.2) is 31.1 Å². The van der Waals surface area contributed by atoms with Gasteiger partial charge in [-0.05, 0) is 37.2 Å². The average molecular weight is 432 g/mol. The predicted molar refractivity (Wildman–Crippen MR) is 106 cm³/mol. The Morgan fingerprint density at radius 2 is 2.09 bits per heavy atom. The van der Waals surface area contributed by atoms with Crippen LogP contribution in [0.25, 0.3) is 0 Å². The molecule has 0 aromatic carbocycles. The third kappa shape index (κ3) is 5.82. The molecule has 6 heteroatoms. The van der Waals surface area contributed by atoms with Gasteiger partial charge in [-0.2, -0.15) is 0 Å². The minimum Gasteiger partial charge on any atom is -0.481 e. The molecule has 0 unspecified atom stereocenters. The van der Waals surface area contributed by atoms with Gasteiger partial charge in [-0.25, -0.2) is 9.98 Å². The molecule has 5 nitrogen and oxygen atoms in total. The van der Waals surface area contributed by atoms with Gasteiger partial charge in [-0.3, -0.25) is 0 Å². The van der Waals surface area contributed by atoms with Crippen molar-refractivity contribution in [2.45, 2.75) is 46.1 Å². The quantitative estimate of drug-likeness (QED) is 0.394. The molecule has 23 heavy (non-hydrogen) atoms. The molecule has 0 aliphatic heterocycles. The van der Waals surface area contributed by atoms with Gasteiger partial charge in [0.25, 0.3) is 0 Å². The molecule has 2 rings (SSSR count). The number of pyridine rings is 1. The molecule has 1 aliphatic rings. The summed E-state index contributed by atoms with van der Waals surface area (Å²) in [6.45, 7) is 6.87. The Kier molecular flexibility index (Phi) is 8.65. The van der Waals surface area contributed by atoms with Crippen molar-refractivity contribution in [2.75, 3.05) is 20.2 Å². The topological polar surface area (TPSA) is 58.5 Å². The van der Waals surface area contributed by atoms with Crippen LogP contribution in [0.2, 0.25) is 0 Å². The third-order valence-corrected chi connectivity index (χ3v) is 4.57. The van der Waals surface area contributed by atoms with Crippen LogP contribution >= 0.6 is 24.0 Å². The van der Waals surface area contributed by atoms with E-state index in [2.05, 4.69) is 34.5 Å². The van der Waals surface area contributed by atoms with Crippen LogP contribution in [0.4, 0.5) is 0 Å². The maximum Gasteiger partial charge on any atom is 0.212 e. The highest BCUT2D eigenvalue weighted by Gasteiger charge is 2.34. The second-order valence-corrected chi connectivity index (χ2v) is 5.96. The number of halogens is 1. The zero-order valence-electron chi connectivity index (χ0n) is 14.4. The number of guanidine groups is 1. The highest BCUT2D eigenvalue weighted by Crippen LogP contribution is 2.42.